The molecule has 0 radical (unpaired) electrons. The molecule has 0 aliphatic carbocycles. The van der Waals surface area contributed by atoms with Gasteiger partial charge in [-0.15, -0.1) is 11.3 Å². The van der Waals surface area contributed by atoms with Gasteiger partial charge in [0.2, 0.25) is 5.91 Å². The van der Waals surface area contributed by atoms with Crippen LogP contribution in [0.5, 0.6) is 0 Å². The third-order valence-electron chi connectivity index (χ3n) is 3.06. The van der Waals surface area contributed by atoms with Crippen molar-refractivity contribution in [3.05, 3.63) is 58.3 Å². The highest BCUT2D eigenvalue weighted by molar-refractivity contribution is 7.09. The van der Waals surface area contributed by atoms with Gasteiger partial charge in [-0.25, -0.2) is 0 Å². The first-order valence-electron chi connectivity index (χ1n) is 6.51. The van der Waals surface area contributed by atoms with Gasteiger partial charge >= 0.3 is 0 Å². The lowest BCUT2D eigenvalue weighted by Gasteiger charge is -2.15. The van der Waals surface area contributed by atoms with E-state index in [2.05, 4.69) is 0 Å². The molecule has 1 aromatic heterocycles. The van der Waals surface area contributed by atoms with Gasteiger partial charge in [0.25, 0.3) is 0 Å². The summed E-state index contributed by atoms with van der Waals surface area (Å²) in [6.45, 7) is 0.607. The number of thiophene rings is 1. The molecule has 0 N–H and O–H groups in total. The summed E-state index contributed by atoms with van der Waals surface area (Å²) in [5.41, 5.74) is 0.668. The van der Waals surface area contributed by atoms with Gasteiger partial charge < -0.3 is 4.90 Å². The fourth-order valence-corrected chi connectivity index (χ4v) is 2.66. The lowest BCUT2D eigenvalue weighted by atomic mass is 10.1. The summed E-state index contributed by atoms with van der Waals surface area (Å²) >= 11 is 1.63. The second-order valence-corrected chi connectivity index (χ2v) is 5.65. The molecule has 1 heterocycles. The summed E-state index contributed by atoms with van der Waals surface area (Å²) < 4.78 is 0. The minimum Gasteiger partial charge on any atom is -0.341 e. The minimum atomic E-state index is 0.00248. The van der Waals surface area contributed by atoms with Crippen LogP contribution in [0.4, 0.5) is 0 Å². The van der Waals surface area contributed by atoms with Crippen LogP contribution in [0.25, 0.3) is 0 Å². The molecule has 1 aromatic carbocycles. The van der Waals surface area contributed by atoms with Crippen molar-refractivity contribution >= 4 is 23.0 Å². The number of rotatable bonds is 6. The quantitative estimate of drug-likeness (QED) is 0.764. The molecule has 0 atom stereocenters. The Hall–Kier alpha value is -1.94. The summed E-state index contributed by atoms with van der Waals surface area (Å²) in [7, 11) is 1.77. The first-order chi connectivity index (χ1) is 9.66. The van der Waals surface area contributed by atoms with Crippen molar-refractivity contribution in [2.24, 2.45) is 0 Å². The molecule has 0 saturated carbocycles. The van der Waals surface area contributed by atoms with Gasteiger partial charge in [0.1, 0.15) is 0 Å². The zero-order chi connectivity index (χ0) is 14.4. The number of hydrogen-bond acceptors (Lipinski definition) is 3. The van der Waals surface area contributed by atoms with Gasteiger partial charge in [0.05, 0.1) is 6.54 Å². The van der Waals surface area contributed by atoms with E-state index in [0.717, 1.165) is 4.88 Å². The number of Topliss-reactive ketones (excluding diaryl/α,β-unsaturated/α-hetero) is 1. The molecule has 0 fully saturated rings. The van der Waals surface area contributed by atoms with Crippen LogP contribution < -0.4 is 0 Å². The smallest absolute Gasteiger partial charge is 0.223 e. The highest BCUT2D eigenvalue weighted by Gasteiger charge is 2.13. The Morgan fingerprint density at radius 2 is 1.80 bits per heavy atom. The van der Waals surface area contributed by atoms with Crippen molar-refractivity contribution in [3.8, 4) is 0 Å². The molecule has 4 heteroatoms. The van der Waals surface area contributed by atoms with E-state index in [1.165, 1.54) is 0 Å². The van der Waals surface area contributed by atoms with E-state index < -0.39 is 0 Å². The van der Waals surface area contributed by atoms with Crippen molar-refractivity contribution in [1.29, 1.82) is 0 Å². The van der Waals surface area contributed by atoms with E-state index in [1.54, 1.807) is 35.4 Å². The van der Waals surface area contributed by atoms with Gasteiger partial charge in [-0.1, -0.05) is 36.4 Å². The predicted molar refractivity (Wildman–Crippen MR) is 80.8 cm³/mol. The third-order valence-corrected chi connectivity index (χ3v) is 3.92. The molecule has 104 valence electrons. The molecular weight excluding hydrogens is 270 g/mol. The van der Waals surface area contributed by atoms with Gasteiger partial charge in [0, 0.05) is 30.3 Å². The van der Waals surface area contributed by atoms with Crippen LogP contribution >= 0.6 is 11.3 Å². The number of hydrogen-bond donors (Lipinski definition) is 0. The summed E-state index contributed by atoms with van der Waals surface area (Å²) in [5, 5.41) is 1.99. The molecule has 0 saturated heterocycles. The van der Waals surface area contributed by atoms with Gasteiger partial charge in [0.15, 0.2) is 5.78 Å². The predicted octanol–water partition coefficient (Wildman–Crippen LogP) is 3.37. The Labute approximate surface area is 122 Å². The highest BCUT2D eigenvalue weighted by atomic mass is 32.1. The molecule has 1 amide bonds. The van der Waals surface area contributed by atoms with Crippen LogP contribution in [0.2, 0.25) is 0 Å². The van der Waals surface area contributed by atoms with Crippen LogP contribution in [0, 0.1) is 0 Å². The second kappa shape index (κ2) is 7.01. The average Bonchev–Trinajstić information content (AvgIpc) is 2.98. The molecule has 0 unspecified atom stereocenters. The maximum absolute atomic E-state index is 12.0. The molecule has 3 nitrogen and oxygen atoms in total. The van der Waals surface area contributed by atoms with E-state index in [1.807, 2.05) is 35.7 Å². The van der Waals surface area contributed by atoms with E-state index in [-0.39, 0.29) is 24.5 Å². The minimum absolute atomic E-state index is 0.00248. The largest absolute Gasteiger partial charge is 0.341 e. The first-order valence-corrected chi connectivity index (χ1v) is 7.39. The third kappa shape index (κ3) is 4.03. The molecule has 0 aliphatic heterocycles. The second-order valence-electron chi connectivity index (χ2n) is 4.62. The average molecular weight is 287 g/mol. The summed E-state index contributed by atoms with van der Waals surface area (Å²) in [6, 6.07) is 13.1. The van der Waals surface area contributed by atoms with Crippen molar-refractivity contribution in [3.63, 3.8) is 0 Å². The molecule has 2 aromatic rings. The van der Waals surface area contributed by atoms with Gasteiger partial charge in [-0.2, -0.15) is 0 Å². The monoisotopic (exact) mass is 287 g/mol. The Morgan fingerprint density at radius 3 is 2.45 bits per heavy atom. The molecule has 20 heavy (non-hydrogen) atoms. The number of benzene rings is 1. The number of carbonyl (C=O) groups excluding carboxylic acids is 2. The summed E-state index contributed by atoms with van der Waals surface area (Å²) in [5.74, 6) is 0.0196. The van der Waals surface area contributed by atoms with Gasteiger partial charge in [-0.05, 0) is 11.4 Å². The first kappa shape index (κ1) is 14.5. The Bertz CT molecular complexity index is 563. The topological polar surface area (TPSA) is 37.4 Å². The lowest BCUT2D eigenvalue weighted by molar-refractivity contribution is -0.130. The standard InChI is InChI=1S/C16H17NO2S/c1-17(12-14-8-5-11-20-14)16(19)10-9-15(18)13-6-3-2-4-7-13/h2-8,11H,9-10,12H2,1H3. The molecular formula is C16H17NO2S. The maximum Gasteiger partial charge on any atom is 0.223 e. The maximum atomic E-state index is 12.0. The zero-order valence-corrected chi connectivity index (χ0v) is 12.2. The number of carbonyl (C=O) groups is 2. The van der Waals surface area contributed by atoms with Crippen molar-refractivity contribution < 1.29 is 9.59 Å². The van der Waals surface area contributed by atoms with Crippen LogP contribution in [-0.4, -0.2) is 23.6 Å². The number of nitrogens with zero attached hydrogens (tertiary/aromatic N) is 1. The molecule has 0 aliphatic rings. The van der Waals surface area contributed by atoms with Crippen molar-refractivity contribution in [1.82, 2.24) is 4.90 Å². The van der Waals surface area contributed by atoms with E-state index in [4.69, 9.17) is 0 Å². The fourth-order valence-electron chi connectivity index (χ4n) is 1.90. The summed E-state index contributed by atoms with van der Waals surface area (Å²) in [6.07, 6.45) is 0.521. The molecule has 0 bridgehead atoms. The van der Waals surface area contributed by atoms with Crippen LogP contribution in [0.15, 0.2) is 47.8 Å². The van der Waals surface area contributed by atoms with E-state index in [9.17, 15) is 9.59 Å². The van der Waals surface area contributed by atoms with Crippen molar-refractivity contribution in [2.75, 3.05) is 7.05 Å². The Kier molecular flexibility index (Phi) is 5.07. The molecule has 0 spiro atoms. The highest BCUT2D eigenvalue weighted by Crippen LogP contribution is 2.12. The normalized spacial score (nSPS) is 10.2. The Morgan fingerprint density at radius 1 is 1.05 bits per heavy atom. The Balaban J connectivity index is 1.81. The molecule has 2 rings (SSSR count). The number of ketones is 1. The number of amides is 1. The van der Waals surface area contributed by atoms with Crippen LogP contribution in [-0.2, 0) is 11.3 Å². The lowest BCUT2D eigenvalue weighted by Crippen LogP contribution is -2.26. The SMILES string of the molecule is CN(Cc1cccs1)C(=O)CCC(=O)c1ccccc1. The fraction of sp³-hybridized carbons (Fsp3) is 0.250. The summed E-state index contributed by atoms with van der Waals surface area (Å²) in [4.78, 5) is 26.7. The van der Waals surface area contributed by atoms with Gasteiger partial charge in [-0.3, -0.25) is 9.59 Å². The van der Waals surface area contributed by atoms with Crippen LogP contribution in [0.1, 0.15) is 28.1 Å². The van der Waals surface area contributed by atoms with E-state index >= 15 is 0 Å². The van der Waals surface area contributed by atoms with Crippen molar-refractivity contribution in [2.45, 2.75) is 19.4 Å². The zero-order valence-electron chi connectivity index (χ0n) is 11.4. The van der Waals surface area contributed by atoms with Crippen LogP contribution in [0.3, 0.4) is 0 Å². The van der Waals surface area contributed by atoms with E-state index in [0.29, 0.717) is 12.1 Å².